The van der Waals surface area contributed by atoms with Crippen LogP contribution in [0.3, 0.4) is 0 Å². The van der Waals surface area contributed by atoms with Crippen LogP contribution in [0.5, 0.6) is 0 Å². The van der Waals surface area contributed by atoms with Crippen LogP contribution in [-0.4, -0.2) is 34.8 Å². The number of pyridine rings is 1. The van der Waals surface area contributed by atoms with Crippen molar-refractivity contribution in [1.29, 1.82) is 0 Å². The van der Waals surface area contributed by atoms with Gasteiger partial charge in [0.1, 0.15) is 0 Å². The maximum Gasteiger partial charge on any atom is 0.455 e. The molecule has 0 bridgehead atoms. The number of rotatable bonds is 4. The van der Waals surface area contributed by atoms with E-state index in [-0.39, 0.29) is 10.9 Å². The van der Waals surface area contributed by atoms with Crippen LogP contribution in [-0.2, 0) is 0 Å². The van der Waals surface area contributed by atoms with Crippen molar-refractivity contribution in [2.75, 3.05) is 7.05 Å². The monoisotopic (exact) mass is 342 g/mol. The van der Waals surface area contributed by atoms with Crippen LogP contribution in [0.1, 0.15) is 38.0 Å². The molecule has 4 nitrogen and oxygen atoms in total. The number of thiophene rings is 1. The summed E-state index contributed by atoms with van der Waals surface area (Å²) in [5.41, 5.74) is 0.659. The third-order valence-corrected chi connectivity index (χ3v) is 4.39. The van der Waals surface area contributed by atoms with Gasteiger partial charge >= 0.3 is 6.18 Å². The van der Waals surface area contributed by atoms with E-state index >= 15 is 0 Å². The van der Waals surface area contributed by atoms with E-state index in [2.05, 4.69) is 4.98 Å². The summed E-state index contributed by atoms with van der Waals surface area (Å²) in [6, 6.07) is 7.17. The fraction of sp³-hybridized carbons (Fsp3) is 0.267. The lowest BCUT2D eigenvalue weighted by atomic mass is 10.2. The zero-order chi connectivity index (χ0) is 17.2. The smallest absolute Gasteiger partial charge is 0.333 e. The van der Waals surface area contributed by atoms with Gasteiger partial charge in [-0.1, -0.05) is 6.07 Å². The average Bonchev–Trinajstić information content (AvgIpc) is 3.01. The Morgan fingerprint density at radius 2 is 1.83 bits per heavy atom. The lowest BCUT2D eigenvalue weighted by Gasteiger charge is -2.23. The van der Waals surface area contributed by atoms with Crippen molar-refractivity contribution in [3.8, 4) is 0 Å². The Labute approximate surface area is 134 Å². The highest BCUT2D eigenvalue weighted by Gasteiger charge is 2.40. The van der Waals surface area contributed by atoms with Crippen molar-refractivity contribution in [1.82, 2.24) is 9.88 Å². The molecule has 0 aliphatic heterocycles. The van der Waals surface area contributed by atoms with Gasteiger partial charge in [-0.25, -0.2) is 0 Å². The largest absolute Gasteiger partial charge is 0.455 e. The lowest BCUT2D eigenvalue weighted by Crippen LogP contribution is -2.29. The lowest BCUT2D eigenvalue weighted by molar-refractivity contribution is -0.0882. The molecule has 0 saturated carbocycles. The first-order valence-electron chi connectivity index (χ1n) is 6.61. The molecule has 0 saturated heterocycles. The van der Waals surface area contributed by atoms with Gasteiger partial charge in [0.15, 0.2) is 0 Å². The van der Waals surface area contributed by atoms with Crippen LogP contribution < -0.4 is 0 Å². The Hall–Kier alpha value is -2.22. The molecule has 2 aromatic heterocycles. The minimum absolute atomic E-state index is 0.0721. The van der Waals surface area contributed by atoms with Gasteiger partial charge in [0.25, 0.3) is 11.7 Å². The molecule has 0 fully saturated rings. The van der Waals surface area contributed by atoms with E-state index in [0.717, 1.165) is 6.07 Å². The molecule has 23 heavy (non-hydrogen) atoms. The van der Waals surface area contributed by atoms with E-state index < -0.39 is 22.7 Å². The van der Waals surface area contributed by atoms with Crippen molar-refractivity contribution in [3.63, 3.8) is 0 Å². The molecular weight excluding hydrogens is 329 g/mol. The molecule has 0 aliphatic carbocycles. The second-order valence-electron chi connectivity index (χ2n) is 4.84. The van der Waals surface area contributed by atoms with Crippen molar-refractivity contribution in [2.45, 2.75) is 19.1 Å². The third-order valence-electron chi connectivity index (χ3n) is 3.32. The topological polar surface area (TPSA) is 50.3 Å². The Morgan fingerprint density at radius 3 is 2.39 bits per heavy atom. The zero-order valence-corrected chi connectivity index (χ0v) is 13.1. The van der Waals surface area contributed by atoms with Gasteiger partial charge < -0.3 is 4.90 Å². The summed E-state index contributed by atoms with van der Waals surface area (Å²) < 4.78 is 37.2. The van der Waals surface area contributed by atoms with Crippen molar-refractivity contribution >= 4 is 23.0 Å². The van der Waals surface area contributed by atoms with Crippen LogP contribution in [0.4, 0.5) is 13.2 Å². The maximum atomic E-state index is 12.4. The van der Waals surface area contributed by atoms with E-state index in [0.29, 0.717) is 17.0 Å². The molecular formula is C15H13F3N2O2S. The standard InChI is InChI=1S/C15H13F3N2O2S/c1-9(10-5-3-4-8-19-10)20(2)14(22)12-7-6-11(23-12)13(21)15(16,17)18/h3-9H,1-2H3. The number of carbonyl (C=O) groups is 2. The number of amides is 1. The fourth-order valence-electron chi connectivity index (χ4n) is 1.89. The highest BCUT2D eigenvalue weighted by atomic mass is 32.1. The quantitative estimate of drug-likeness (QED) is 0.796. The molecule has 0 spiro atoms. The van der Waals surface area contributed by atoms with Gasteiger partial charge in [0.05, 0.1) is 21.5 Å². The van der Waals surface area contributed by atoms with E-state index in [1.807, 2.05) is 0 Å². The predicted molar refractivity (Wildman–Crippen MR) is 79.5 cm³/mol. The van der Waals surface area contributed by atoms with E-state index in [1.54, 1.807) is 31.3 Å². The van der Waals surface area contributed by atoms with Crippen molar-refractivity contribution in [3.05, 3.63) is 52.0 Å². The molecule has 8 heteroatoms. The molecule has 122 valence electrons. The highest BCUT2D eigenvalue weighted by molar-refractivity contribution is 7.16. The van der Waals surface area contributed by atoms with Crippen LogP contribution >= 0.6 is 11.3 Å². The van der Waals surface area contributed by atoms with Gasteiger partial charge in [0, 0.05) is 13.2 Å². The Bertz CT molecular complexity index is 713. The minimum Gasteiger partial charge on any atom is -0.333 e. The van der Waals surface area contributed by atoms with Crippen LogP contribution in [0, 0.1) is 0 Å². The zero-order valence-electron chi connectivity index (χ0n) is 12.3. The number of aromatic nitrogens is 1. The first-order valence-corrected chi connectivity index (χ1v) is 7.43. The number of alkyl halides is 3. The van der Waals surface area contributed by atoms with E-state index in [4.69, 9.17) is 0 Å². The Morgan fingerprint density at radius 1 is 1.17 bits per heavy atom. The number of Topliss-reactive ketones (excluding diaryl/α,β-unsaturated/α-hetero) is 1. The second-order valence-corrected chi connectivity index (χ2v) is 5.92. The molecule has 1 atom stereocenters. The summed E-state index contributed by atoms with van der Waals surface area (Å²) in [5.74, 6) is -2.41. The molecule has 0 aromatic carbocycles. The maximum absolute atomic E-state index is 12.4. The van der Waals surface area contributed by atoms with E-state index in [9.17, 15) is 22.8 Å². The third kappa shape index (κ3) is 3.76. The molecule has 0 N–H and O–H groups in total. The Kier molecular flexibility index (Phi) is 4.84. The summed E-state index contributed by atoms with van der Waals surface area (Å²) in [4.78, 5) is 28.6. The minimum atomic E-state index is -4.95. The molecule has 2 rings (SSSR count). The summed E-state index contributed by atoms with van der Waals surface area (Å²) in [5, 5.41) is 0. The predicted octanol–water partition coefficient (Wildman–Crippen LogP) is 3.72. The summed E-state index contributed by atoms with van der Waals surface area (Å²) in [6.07, 6.45) is -3.35. The summed E-state index contributed by atoms with van der Waals surface area (Å²) in [6.45, 7) is 1.76. The first-order chi connectivity index (χ1) is 10.7. The van der Waals surface area contributed by atoms with E-state index in [1.165, 1.54) is 18.0 Å². The Balaban J connectivity index is 2.18. The average molecular weight is 342 g/mol. The molecule has 2 aromatic rings. The van der Waals surface area contributed by atoms with Crippen molar-refractivity contribution in [2.24, 2.45) is 0 Å². The summed E-state index contributed by atoms with van der Waals surface area (Å²) in [7, 11) is 1.53. The van der Waals surface area contributed by atoms with Crippen LogP contribution in [0.15, 0.2) is 36.5 Å². The van der Waals surface area contributed by atoms with Crippen molar-refractivity contribution < 1.29 is 22.8 Å². The normalized spacial score (nSPS) is 12.7. The van der Waals surface area contributed by atoms with Gasteiger partial charge in [-0.15, -0.1) is 11.3 Å². The molecule has 1 unspecified atom stereocenters. The molecule has 0 radical (unpaired) electrons. The van der Waals surface area contributed by atoms with Crippen LogP contribution in [0.25, 0.3) is 0 Å². The number of ketones is 1. The van der Waals surface area contributed by atoms with Gasteiger partial charge in [0.2, 0.25) is 0 Å². The van der Waals surface area contributed by atoms with Crippen LogP contribution in [0.2, 0.25) is 0 Å². The SMILES string of the molecule is CC(c1ccccn1)N(C)C(=O)c1ccc(C(=O)C(F)(F)F)s1. The highest BCUT2D eigenvalue weighted by Crippen LogP contribution is 2.28. The first kappa shape index (κ1) is 17.1. The number of carbonyl (C=O) groups excluding carboxylic acids is 2. The van der Waals surface area contributed by atoms with Gasteiger partial charge in [-0.3, -0.25) is 14.6 Å². The van der Waals surface area contributed by atoms with Gasteiger partial charge in [-0.2, -0.15) is 13.2 Å². The molecule has 1 amide bonds. The number of nitrogens with zero attached hydrogens (tertiary/aromatic N) is 2. The van der Waals surface area contributed by atoms with Gasteiger partial charge in [-0.05, 0) is 31.2 Å². The number of hydrogen-bond donors (Lipinski definition) is 0. The molecule has 2 heterocycles. The number of hydrogen-bond acceptors (Lipinski definition) is 4. The second kappa shape index (κ2) is 6.49. The fourth-order valence-corrected chi connectivity index (χ4v) is 2.83. The summed E-state index contributed by atoms with van der Waals surface area (Å²) >= 11 is 0.536. The number of halogens is 3. The molecule has 0 aliphatic rings.